The van der Waals surface area contributed by atoms with E-state index in [2.05, 4.69) is 6.07 Å². The second-order valence-corrected chi connectivity index (χ2v) is 5.80. The summed E-state index contributed by atoms with van der Waals surface area (Å²) >= 11 is 0. The highest BCUT2D eigenvalue weighted by Gasteiger charge is 2.29. The first-order valence-corrected chi connectivity index (χ1v) is 7.99. The van der Waals surface area contributed by atoms with Gasteiger partial charge in [-0.2, -0.15) is 5.26 Å². The Hall–Kier alpha value is -3.06. The molecule has 3 rings (SSSR count). The van der Waals surface area contributed by atoms with Crippen molar-refractivity contribution in [1.82, 2.24) is 0 Å². The number of amidine groups is 1. The Morgan fingerprint density at radius 2 is 1.83 bits per heavy atom. The average molecular weight is 317 g/mol. The fraction of sp³-hybridized carbons (Fsp3) is 0.200. The van der Waals surface area contributed by atoms with Gasteiger partial charge in [0.15, 0.2) is 0 Å². The van der Waals surface area contributed by atoms with E-state index < -0.39 is 0 Å². The Balaban J connectivity index is 1.86. The third kappa shape index (κ3) is 2.77. The lowest BCUT2D eigenvalue weighted by molar-refractivity contribution is 0.411. The van der Waals surface area contributed by atoms with E-state index in [1.165, 1.54) is 0 Å². The molecule has 0 amide bonds. The van der Waals surface area contributed by atoms with Crippen LogP contribution in [0.1, 0.15) is 30.4 Å². The molecule has 0 fully saturated rings. The summed E-state index contributed by atoms with van der Waals surface area (Å²) in [6.45, 7) is 2.28. The zero-order valence-electron chi connectivity index (χ0n) is 13.5. The number of anilines is 1. The zero-order chi connectivity index (χ0) is 17.1. The highest BCUT2D eigenvalue weighted by Crippen LogP contribution is 2.31. The number of nitrogens with zero attached hydrogens (tertiary/aromatic N) is 2. The van der Waals surface area contributed by atoms with E-state index in [1.54, 1.807) is 4.90 Å². The van der Waals surface area contributed by atoms with Gasteiger partial charge in [0, 0.05) is 5.69 Å². The van der Waals surface area contributed by atoms with Crippen LogP contribution in [0.5, 0.6) is 0 Å². The van der Waals surface area contributed by atoms with Crippen LogP contribution in [0.25, 0.3) is 5.57 Å². The molecule has 2 aromatic carbocycles. The second kappa shape index (κ2) is 6.59. The van der Waals surface area contributed by atoms with Crippen LogP contribution in [0.2, 0.25) is 0 Å². The van der Waals surface area contributed by atoms with Gasteiger partial charge in [-0.3, -0.25) is 5.41 Å². The smallest absolute Gasteiger partial charge is 0.137 e. The molecule has 2 aromatic rings. The molecule has 0 spiro atoms. The highest BCUT2D eigenvalue weighted by atomic mass is 16.3. The number of rotatable bonds is 4. The van der Waals surface area contributed by atoms with Gasteiger partial charge in [-0.1, -0.05) is 49.4 Å². The molecule has 1 aliphatic rings. The minimum atomic E-state index is -0.108. The number of nitriles is 1. The Kier molecular flexibility index (Phi) is 4.35. The van der Waals surface area contributed by atoms with Crippen LogP contribution in [0, 0.1) is 16.7 Å². The van der Waals surface area contributed by atoms with Crippen molar-refractivity contribution in [3.05, 3.63) is 71.5 Å². The van der Waals surface area contributed by atoms with Gasteiger partial charge < -0.3 is 10.0 Å². The summed E-state index contributed by atoms with van der Waals surface area (Å²) in [5, 5.41) is 27.9. The Labute approximate surface area is 141 Å². The molecule has 0 saturated carbocycles. The van der Waals surface area contributed by atoms with Crippen LogP contribution in [-0.4, -0.2) is 17.5 Å². The molecule has 4 nitrogen and oxygen atoms in total. The van der Waals surface area contributed by atoms with Gasteiger partial charge in [0.2, 0.25) is 0 Å². The van der Waals surface area contributed by atoms with Crippen LogP contribution in [0.3, 0.4) is 0 Å². The number of nitrogens with one attached hydrogen (secondary N) is 1. The van der Waals surface area contributed by atoms with Gasteiger partial charge in [-0.05, 0) is 29.7 Å². The van der Waals surface area contributed by atoms with Crippen molar-refractivity contribution in [2.45, 2.75) is 19.3 Å². The lowest BCUT2D eigenvalue weighted by Crippen LogP contribution is -2.26. The first-order chi connectivity index (χ1) is 11.7. The van der Waals surface area contributed by atoms with Crippen molar-refractivity contribution in [1.29, 1.82) is 10.7 Å². The van der Waals surface area contributed by atoms with Crippen LogP contribution in [0.4, 0.5) is 5.69 Å². The monoisotopic (exact) mass is 317 g/mol. The minimum Gasteiger partial charge on any atom is -0.510 e. The van der Waals surface area contributed by atoms with Crippen molar-refractivity contribution < 1.29 is 5.11 Å². The number of benzene rings is 2. The van der Waals surface area contributed by atoms with Crippen LogP contribution >= 0.6 is 0 Å². The van der Waals surface area contributed by atoms with E-state index in [1.807, 2.05) is 61.5 Å². The van der Waals surface area contributed by atoms with Gasteiger partial charge in [0.25, 0.3) is 0 Å². The summed E-state index contributed by atoms with van der Waals surface area (Å²) in [5.74, 6) is 0.390. The fourth-order valence-corrected chi connectivity index (χ4v) is 3.00. The number of hydrogen-bond donors (Lipinski definition) is 2. The SMILES string of the molecule is CCC(C#N)c1ccc(N2CC(O)=C(c3ccccc3)C2=N)cc1. The Bertz CT molecular complexity index is 816. The molecule has 2 N–H and O–H groups in total. The quantitative estimate of drug-likeness (QED) is 0.874. The predicted molar refractivity (Wildman–Crippen MR) is 96.2 cm³/mol. The summed E-state index contributed by atoms with van der Waals surface area (Å²) in [6, 6.07) is 19.5. The lowest BCUT2D eigenvalue weighted by atomic mass is 9.98. The molecule has 4 heteroatoms. The summed E-state index contributed by atoms with van der Waals surface area (Å²) in [7, 11) is 0. The van der Waals surface area contributed by atoms with Crippen LogP contribution in [0.15, 0.2) is 60.4 Å². The summed E-state index contributed by atoms with van der Waals surface area (Å²) in [4.78, 5) is 1.77. The maximum atomic E-state index is 10.3. The van der Waals surface area contributed by atoms with Gasteiger partial charge in [0.05, 0.1) is 24.1 Å². The van der Waals surface area contributed by atoms with Gasteiger partial charge in [0.1, 0.15) is 11.6 Å². The summed E-state index contributed by atoms with van der Waals surface area (Å²) in [5.41, 5.74) is 3.24. The van der Waals surface area contributed by atoms with E-state index in [0.29, 0.717) is 11.4 Å². The molecule has 1 heterocycles. The Morgan fingerprint density at radius 3 is 2.42 bits per heavy atom. The highest BCUT2D eigenvalue weighted by molar-refractivity contribution is 6.30. The maximum absolute atomic E-state index is 10.3. The van der Waals surface area contributed by atoms with E-state index in [9.17, 15) is 5.11 Å². The van der Waals surface area contributed by atoms with Crippen molar-refractivity contribution in [2.24, 2.45) is 0 Å². The molecule has 0 aliphatic carbocycles. The van der Waals surface area contributed by atoms with E-state index in [-0.39, 0.29) is 18.2 Å². The third-order valence-corrected chi connectivity index (χ3v) is 4.34. The average Bonchev–Trinajstić information content (AvgIpc) is 2.92. The first-order valence-electron chi connectivity index (χ1n) is 7.99. The molecule has 120 valence electrons. The van der Waals surface area contributed by atoms with Crippen LogP contribution < -0.4 is 4.90 Å². The second-order valence-electron chi connectivity index (χ2n) is 5.80. The van der Waals surface area contributed by atoms with E-state index >= 15 is 0 Å². The minimum absolute atomic E-state index is 0.108. The van der Waals surface area contributed by atoms with Crippen molar-refractivity contribution in [3.8, 4) is 6.07 Å². The molecule has 1 aliphatic heterocycles. The normalized spacial score (nSPS) is 15.5. The Morgan fingerprint density at radius 1 is 1.17 bits per heavy atom. The zero-order valence-corrected chi connectivity index (χ0v) is 13.5. The van der Waals surface area contributed by atoms with Crippen LogP contribution in [-0.2, 0) is 0 Å². The van der Waals surface area contributed by atoms with Gasteiger partial charge in [-0.15, -0.1) is 0 Å². The molecule has 0 aromatic heterocycles. The molecule has 1 atom stereocenters. The third-order valence-electron chi connectivity index (χ3n) is 4.34. The van der Waals surface area contributed by atoms with Crippen molar-refractivity contribution in [2.75, 3.05) is 11.4 Å². The molecule has 0 bridgehead atoms. The lowest BCUT2D eigenvalue weighted by Gasteiger charge is -2.19. The maximum Gasteiger partial charge on any atom is 0.137 e. The molecule has 0 saturated heterocycles. The molecule has 24 heavy (non-hydrogen) atoms. The number of aliphatic hydroxyl groups excluding tert-OH is 1. The van der Waals surface area contributed by atoms with Gasteiger partial charge >= 0.3 is 0 Å². The van der Waals surface area contributed by atoms with Crippen molar-refractivity contribution in [3.63, 3.8) is 0 Å². The molecular formula is C20H19N3O. The first kappa shape index (κ1) is 15.8. The molecule has 1 unspecified atom stereocenters. The summed E-state index contributed by atoms with van der Waals surface area (Å²) < 4.78 is 0. The number of hydrogen-bond acceptors (Lipinski definition) is 3. The predicted octanol–water partition coefficient (Wildman–Crippen LogP) is 4.47. The van der Waals surface area contributed by atoms with E-state index in [0.717, 1.165) is 23.2 Å². The van der Waals surface area contributed by atoms with E-state index in [4.69, 9.17) is 10.7 Å². The molecular weight excluding hydrogens is 298 g/mol. The number of aliphatic hydroxyl groups is 1. The van der Waals surface area contributed by atoms with Gasteiger partial charge in [-0.25, -0.2) is 0 Å². The topological polar surface area (TPSA) is 71.1 Å². The standard InChI is InChI=1S/C20H19N3O/c1-2-14(12-21)15-8-10-17(11-9-15)23-13-18(24)19(20(23)22)16-6-4-3-5-7-16/h3-11,14,22,24H,2,13H2,1H3. The molecule has 0 radical (unpaired) electrons. The van der Waals surface area contributed by atoms with Crippen molar-refractivity contribution >= 4 is 17.1 Å². The fourth-order valence-electron chi connectivity index (χ4n) is 3.00. The largest absolute Gasteiger partial charge is 0.510 e. The summed E-state index contributed by atoms with van der Waals surface area (Å²) in [6.07, 6.45) is 0.774.